The predicted octanol–water partition coefficient (Wildman–Crippen LogP) is 3.22. The number of amides is 3. The molecule has 48 heavy (non-hydrogen) atoms. The van der Waals surface area contributed by atoms with Crippen LogP contribution in [0.4, 0.5) is 4.39 Å². The summed E-state index contributed by atoms with van der Waals surface area (Å²) in [5.41, 5.74) is 4.37. The van der Waals surface area contributed by atoms with Crippen LogP contribution in [0, 0.1) is 18.8 Å². The van der Waals surface area contributed by atoms with Crippen LogP contribution in [0.3, 0.4) is 0 Å². The zero-order chi connectivity index (χ0) is 33.8. The van der Waals surface area contributed by atoms with Crippen molar-refractivity contribution in [3.63, 3.8) is 0 Å². The van der Waals surface area contributed by atoms with Crippen LogP contribution in [0.2, 0.25) is 0 Å². The van der Waals surface area contributed by atoms with Gasteiger partial charge in [0, 0.05) is 58.2 Å². The van der Waals surface area contributed by atoms with Crippen molar-refractivity contribution in [2.75, 3.05) is 46.4 Å². The topological polar surface area (TPSA) is 103 Å². The Labute approximate surface area is 283 Å². The number of benzene rings is 2. The molecule has 0 bridgehead atoms. The van der Waals surface area contributed by atoms with Crippen molar-refractivity contribution in [2.24, 2.45) is 18.9 Å². The Kier molecular flexibility index (Phi) is 10.8. The van der Waals surface area contributed by atoms with Crippen LogP contribution >= 0.6 is 0 Å². The Hall–Kier alpha value is -3.83. The molecule has 3 aliphatic heterocycles. The van der Waals surface area contributed by atoms with Gasteiger partial charge in [-0.3, -0.25) is 19.1 Å². The first-order valence-corrected chi connectivity index (χ1v) is 17.5. The Bertz CT molecular complexity index is 1590. The highest BCUT2D eigenvalue weighted by Crippen LogP contribution is 2.31. The number of piperidine rings is 2. The Morgan fingerprint density at radius 3 is 2.56 bits per heavy atom. The Balaban J connectivity index is 1.17. The third-order valence-corrected chi connectivity index (χ3v) is 10.8. The van der Waals surface area contributed by atoms with Gasteiger partial charge in [0.1, 0.15) is 12.7 Å². The van der Waals surface area contributed by atoms with Gasteiger partial charge >= 0.3 is 0 Å². The number of aromatic nitrogens is 2. The number of carbonyl (C=O) groups excluding carboxylic acids is 3. The first-order chi connectivity index (χ1) is 23.2. The molecule has 10 nitrogen and oxygen atoms in total. The van der Waals surface area contributed by atoms with Gasteiger partial charge < -0.3 is 25.3 Å². The molecule has 2 unspecified atom stereocenters. The lowest BCUT2D eigenvalue weighted by molar-refractivity contribution is -0.148. The lowest BCUT2D eigenvalue weighted by Crippen LogP contribution is -2.60. The molecule has 1 aromatic heterocycles. The molecule has 6 rings (SSSR count). The summed E-state index contributed by atoms with van der Waals surface area (Å²) in [5, 5.41) is 11.8. The van der Waals surface area contributed by atoms with Crippen LogP contribution in [0.5, 0.6) is 0 Å². The number of fused-ring (bicyclic) bond motifs is 1. The van der Waals surface area contributed by atoms with Gasteiger partial charge in [0.15, 0.2) is 0 Å². The normalized spacial score (nSPS) is 23.8. The van der Waals surface area contributed by atoms with E-state index in [-0.39, 0.29) is 36.4 Å². The van der Waals surface area contributed by atoms with Gasteiger partial charge in [-0.15, -0.1) is 0 Å². The zero-order valence-corrected chi connectivity index (χ0v) is 28.5. The summed E-state index contributed by atoms with van der Waals surface area (Å²) in [5.74, 6) is -0.730. The van der Waals surface area contributed by atoms with Gasteiger partial charge in [0.25, 0.3) is 0 Å². The summed E-state index contributed by atoms with van der Waals surface area (Å²) in [4.78, 5) is 48.0. The van der Waals surface area contributed by atoms with E-state index < -0.39 is 18.0 Å². The Morgan fingerprint density at radius 2 is 1.81 bits per heavy atom. The fourth-order valence-corrected chi connectivity index (χ4v) is 7.93. The minimum absolute atomic E-state index is 0.0216. The predicted molar refractivity (Wildman–Crippen MR) is 184 cm³/mol. The molecule has 3 amide bonds. The SMILES string of the molecule is Cc1ccc(C[C@@H]2C[C@@H](C(=O)NCc3ccc4c(cnn4C)c3)N(C(=O)C3NCCCC3C(=O)N(C)C3CCN(CCF)CC3)C2)cc1. The maximum Gasteiger partial charge on any atom is 0.243 e. The second-order valence-corrected chi connectivity index (χ2v) is 14.1. The van der Waals surface area contributed by atoms with Crippen molar-refractivity contribution < 1.29 is 18.8 Å². The molecule has 2 N–H and O–H groups in total. The van der Waals surface area contributed by atoms with Gasteiger partial charge in [-0.1, -0.05) is 35.9 Å². The van der Waals surface area contributed by atoms with Gasteiger partial charge in [0.2, 0.25) is 17.7 Å². The average Bonchev–Trinajstić information content (AvgIpc) is 3.70. The molecule has 0 aliphatic carbocycles. The van der Waals surface area contributed by atoms with Crippen LogP contribution in [-0.4, -0.2) is 107 Å². The van der Waals surface area contributed by atoms with Crippen LogP contribution in [0.1, 0.15) is 48.8 Å². The second kappa shape index (κ2) is 15.2. The molecular weight excluding hydrogens is 609 g/mol. The quantitative estimate of drug-likeness (QED) is 0.347. The van der Waals surface area contributed by atoms with E-state index in [1.54, 1.807) is 4.90 Å². The number of aryl methyl sites for hydroxylation is 2. The number of nitrogens with one attached hydrogen (secondary N) is 2. The number of hydrogen-bond donors (Lipinski definition) is 2. The molecule has 3 saturated heterocycles. The van der Waals surface area contributed by atoms with Gasteiger partial charge in [-0.05, 0) is 81.2 Å². The van der Waals surface area contributed by atoms with E-state index in [9.17, 15) is 18.8 Å². The van der Waals surface area contributed by atoms with Crippen molar-refractivity contribution in [1.82, 2.24) is 35.1 Å². The zero-order valence-electron chi connectivity index (χ0n) is 28.5. The van der Waals surface area contributed by atoms with E-state index in [0.717, 1.165) is 55.2 Å². The number of hydrogen-bond acceptors (Lipinski definition) is 6. The largest absolute Gasteiger partial charge is 0.350 e. The highest BCUT2D eigenvalue weighted by Gasteiger charge is 2.46. The number of halogens is 1. The summed E-state index contributed by atoms with van der Waals surface area (Å²) in [6.07, 6.45) is 6.18. The Morgan fingerprint density at radius 1 is 1.06 bits per heavy atom. The highest BCUT2D eigenvalue weighted by molar-refractivity contribution is 5.94. The molecule has 11 heteroatoms. The number of nitrogens with zero attached hydrogens (tertiary/aromatic N) is 5. The maximum absolute atomic E-state index is 14.5. The maximum atomic E-state index is 14.5. The molecule has 258 valence electrons. The van der Waals surface area contributed by atoms with Crippen LogP contribution in [-0.2, 0) is 34.4 Å². The van der Waals surface area contributed by atoms with Crippen molar-refractivity contribution >= 4 is 28.6 Å². The van der Waals surface area contributed by atoms with E-state index in [0.29, 0.717) is 39.0 Å². The lowest BCUT2D eigenvalue weighted by Gasteiger charge is -2.40. The monoisotopic (exact) mass is 659 g/mol. The second-order valence-electron chi connectivity index (χ2n) is 14.1. The fraction of sp³-hybridized carbons (Fsp3) is 0.568. The lowest BCUT2D eigenvalue weighted by atomic mass is 9.87. The molecule has 0 spiro atoms. The van der Waals surface area contributed by atoms with E-state index in [2.05, 4.69) is 51.8 Å². The first-order valence-electron chi connectivity index (χ1n) is 17.5. The van der Waals surface area contributed by atoms with E-state index >= 15 is 0 Å². The van der Waals surface area contributed by atoms with Crippen molar-refractivity contribution in [2.45, 2.75) is 70.1 Å². The van der Waals surface area contributed by atoms with Crippen LogP contribution in [0.15, 0.2) is 48.7 Å². The van der Waals surface area contributed by atoms with E-state index in [4.69, 9.17) is 0 Å². The summed E-state index contributed by atoms with van der Waals surface area (Å²) in [6.45, 7) is 5.13. The van der Waals surface area contributed by atoms with Gasteiger partial charge in [-0.25, -0.2) is 4.39 Å². The van der Waals surface area contributed by atoms with Crippen molar-refractivity contribution in [3.8, 4) is 0 Å². The molecule has 4 heterocycles. The standard InChI is InChI=1S/C37H50FN7O3/c1-25-6-8-26(9-7-25)19-28-21-33(35(46)40-22-27-10-11-32-29(20-27)23-41-43(32)3)45(24-28)37(48)34-31(5-4-15-39-34)36(47)42(2)30-12-16-44(17-13-30)18-14-38/h6-11,20,23,28,30-31,33-34,39H,4-5,12-19,21-22,24H2,1-3H3,(H,40,46)/t28-,31?,33+,34?/m1/s1. The molecule has 3 aromatic rings. The molecular formula is C37H50FN7O3. The molecule has 4 atom stereocenters. The summed E-state index contributed by atoms with van der Waals surface area (Å²) < 4.78 is 14.7. The molecule has 0 saturated carbocycles. The number of alkyl halides is 1. The first kappa shape index (κ1) is 34.0. The van der Waals surface area contributed by atoms with Crippen molar-refractivity contribution in [3.05, 3.63) is 65.4 Å². The van der Waals surface area contributed by atoms with Crippen LogP contribution < -0.4 is 10.6 Å². The molecule has 3 aliphatic rings. The molecule has 3 fully saturated rings. The summed E-state index contributed by atoms with van der Waals surface area (Å²) in [7, 11) is 3.75. The van der Waals surface area contributed by atoms with Gasteiger partial charge in [0.05, 0.1) is 23.7 Å². The van der Waals surface area contributed by atoms with E-state index in [1.807, 2.05) is 48.1 Å². The number of rotatable bonds is 10. The fourth-order valence-electron chi connectivity index (χ4n) is 7.93. The molecule has 0 radical (unpaired) electrons. The third kappa shape index (κ3) is 7.57. The van der Waals surface area contributed by atoms with Gasteiger partial charge in [-0.2, -0.15) is 5.10 Å². The van der Waals surface area contributed by atoms with E-state index in [1.165, 1.54) is 11.1 Å². The smallest absolute Gasteiger partial charge is 0.243 e. The summed E-state index contributed by atoms with van der Waals surface area (Å²) in [6, 6.07) is 13.2. The minimum Gasteiger partial charge on any atom is -0.350 e. The highest BCUT2D eigenvalue weighted by atomic mass is 19.1. The van der Waals surface area contributed by atoms with Crippen LogP contribution in [0.25, 0.3) is 10.9 Å². The molecule has 2 aromatic carbocycles. The number of likely N-dealkylation sites (tertiary alicyclic amines) is 2. The minimum atomic E-state index is -0.679. The summed E-state index contributed by atoms with van der Waals surface area (Å²) >= 11 is 0. The average molecular weight is 660 g/mol. The van der Waals surface area contributed by atoms with Crippen molar-refractivity contribution in [1.29, 1.82) is 0 Å². The third-order valence-electron chi connectivity index (χ3n) is 10.8. The number of carbonyl (C=O) groups is 3.